The highest BCUT2D eigenvalue weighted by molar-refractivity contribution is 5.25. The molecule has 34 atom stereocenters. The third-order valence-electron chi connectivity index (χ3n) is 22.2. The van der Waals surface area contributed by atoms with Crippen molar-refractivity contribution in [2.75, 3.05) is 33.0 Å². The minimum atomic E-state index is -2.04. The van der Waals surface area contributed by atoms with Crippen molar-refractivity contribution in [3.63, 3.8) is 0 Å². The second kappa shape index (κ2) is 23.4. The first kappa shape index (κ1) is 64.2. The van der Waals surface area contributed by atoms with Crippen LogP contribution in [-0.2, 0) is 56.8 Å². The van der Waals surface area contributed by atoms with E-state index in [1.54, 1.807) is 0 Å². The number of aliphatic hydroxyl groups is 14. The minimum Gasteiger partial charge on any atom is -0.394 e. The molecule has 84 heavy (non-hydrogen) atoms. The Morgan fingerprint density at radius 1 is 0.571 bits per heavy atom. The van der Waals surface area contributed by atoms with Crippen molar-refractivity contribution in [3.05, 3.63) is 11.6 Å². The predicted octanol–water partition coefficient (Wildman–Crippen LogP) is -2.72. The van der Waals surface area contributed by atoms with Crippen LogP contribution in [0.3, 0.4) is 0 Å². The van der Waals surface area contributed by atoms with Gasteiger partial charge in [0.15, 0.2) is 37.2 Å². The fourth-order valence-corrected chi connectivity index (χ4v) is 18.3. The van der Waals surface area contributed by atoms with Crippen LogP contribution in [0, 0.1) is 45.8 Å². The summed E-state index contributed by atoms with van der Waals surface area (Å²) in [6.07, 6.45) is -31.5. The fourth-order valence-electron chi connectivity index (χ4n) is 18.3. The van der Waals surface area contributed by atoms with Gasteiger partial charge in [0.25, 0.3) is 0 Å². The Labute approximate surface area is 488 Å². The number of rotatable bonds is 13. The molecule has 26 heteroatoms. The SMILES string of the molecule is CC(C)=C[C@]12C[C@](C)(O)[C@@H]3C4CC[C@H]5C6(C)CC[C@H](O[C@@H]7OC[C@@H](O)[C@@H](O[C@@H]8O[C@H](CO[C@H]9O[C@@H](CO)[C@@H](O)[C@@H](O)[C@H]9O)[C@@H](O)[C@H](O)[C@H]8O[C@@H]8OC[C@@H](O)[C@H](O)[C@H]8O)[C@H]7O[C@@H]7O[C@H](C)[C@H](O)[C@@H](O)[C@H]7O)C(C)(C)[C@@H]6CC[C@@]5(C)C4C[C@]3(CO1)O2. The van der Waals surface area contributed by atoms with Gasteiger partial charge >= 0.3 is 0 Å². The molecule has 0 amide bonds. The molecule has 4 saturated carbocycles. The Hall–Kier alpha value is -1.30. The summed E-state index contributed by atoms with van der Waals surface area (Å²) in [6, 6.07) is 0. The Morgan fingerprint density at radius 2 is 1.19 bits per heavy atom. The molecule has 4 aliphatic carbocycles. The Morgan fingerprint density at radius 3 is 1.90 bits per heavy atom. The van der Waals surface area contributed by atoms with Crippen LogP contribution in [0.5, 0.6) is 0 Å². The molecule has 7 heterocycles. The molecule has 482 valence electrons. The van der Waals surface area contributed by atoms with Crippen molar-refractivity contribution in [2.45, 2.75) is 271 Å². The molecule has 11 rings (SSSR count). The van der Waals surface area contributed by atoms with E-state index in [1.807, 2.05) is 26.8 Å². The molecule has 11 aliphatic rings. The summed E-state index contributed by atoms with van der Waals surface area (Å²) in [7, 11) is 0. The molecule has 2 bridgehead atoms. The number of hydrogen-bond acceptors (Lipinski definition) is 26. The molecular weight excluding hydrogens is 1110 g/mol. The van der Waals surface area contributed by atoms with Crippen molar-refractivity contribution in [1.29, 1.82) is 0 Å². The van der Waals surface area contributed by atoms with Crippen LogP contribution in [0.2, 0.25) is 0 Å². The van der Waals surface area contributed by atoms with E-state index < -0.39 is 196 Å². The van der Waals surface area contributed by atoms with Crippen LogP contribution in [0.15, 0.2) is 11.6 Å². The Bertz CT molecular complexity index is 2330. The highest BCUT2D eigenvalue weighted by atomic mass is 16.8. The second-order valence-corrected chi connectivity index (χ2v) is 28.3. The molecule has 7 saturated heterocycles. The van der Waals surface area contributed by atoms with E-state index in [0.29, 0.717) is 25.4 Å². The first-order valence-electron chi connectivity index (χ1n) is 30.3. The molecule has 3 unspecified atom stereocenters. The van der Waals surface area contributed by atoms with Gasteiger partial charge < -0.3 is 128 Å². The quantitative estimate of drug-likeness (QED) is 0.0658. The van der Waals surface area contributed by atoms with Gasteiger partial charge in [0.1, 0.15) is 109 Å². The smallest absolute Gasteiger partial charge is 0.191 e. The van der Waals surface area contributed by atoms with E-state index in [4.69, 9.17) is 56.8 Å². The number of aliphatic hydroxyl groups excluding tert-OH is 13. The Balaban J connectivity index is 0.864. The van der Waals surface area contributed by atoms with Crippen molar-refractivity contribution in [2.24, 2.45) is 45.8 Å². The third-order valence-corrected chi connectivity index (χ3v) is 22.2. The van der Waals surface area contributed by atoms with Gasteiger partial charge in [-0.2, -0.15) is 0 Å². The van der Waals surface area contributed by atoms with Crippen molar-refractivity contribution in [3.8, 4) is 0 Å². The van der Waals surface area contributed by atoms with Gasteiger partial charge in [-0.05, 0) is 119 Å². The van der Waals surface area contributed by atoms with E-state index >= 15 is 0 Å². The van der Waals surface area contributed by atoms with E-state index in [0.717, 1.165) is 44.1 Å². The Kier molecular flexibility index (Phi) is 17.9. The summed E-state index contributed by atoms with van der Waals surface area (Å²) in [5.41, 5.74) is -1.30. The number of hydrogen-bond donors (Lipinski definition) is 14. The molecule has 0 aromatic rings. The zero-order valence-corrected chi connectivity index (χ0v) is 49.2. The first-order chi connectivity index (χ1) is 39.4. The lowest BCUT2D eigenvalue weighted by Gasteiger charge is -2.67. The van der Waals surface area contributed by atoms with Crippen LogP contribution >= 0.6 is 0 Å². The summed E-state index contributed by atoms with van der Waals surface area (Å²) >= 11 is 0. The monoisotopic (exact) mass is 1210 g/mol. The lowest BCUT2D eigenvalue weighted by molar-refractivity contribution is -0.400. The normalized spacial score (nSPS) is 57.1. The van der Waals surface area contributed by atoms with Crippen LogP contribution in [0.1, 0.15) is 107 Å². The topological polar surface area (TPSA) is 394 Å². The molecule has 0 aromatic carbocycles. The highest BCUT2D eigenvalue weighted by Gasteiger charge is 2.75. The molecule has 7 aliphatic heterocycles. The van der Waals surface area contributed by atoms with E-state index in [-0.39, 0.29) is 34.5 Å². The zero-order chi connectivity index (χ0) is 60.7. The minimum absolute atomic E-state index is 0.0724. The average Bonchev–Trinajstić information content (AvgIpc) is 1.48. The van der Waals surface area contributed by atoms with Crippen LogP contribution in [0.25, 0.3) is 0 Å². The van der Waals surface area contributed by atoms with Gasteiger partial charge in [-0.1, -0.05) is 33.3 Å². The summed E-state index contributed by atoms with van der Waals surface area (Å²) < 4.78 is 75.2. The van der Waals surface area contributed by atoms with Crippen molar-refractivity contribution >= 4 is 0 Å². The van der Waals surface area contributed by atoms with Gasteiger partial charge in [0.2, 0.25) is 0 Å². The second-order valence-electron chi connectivity index (χ2n) is 28.3. The molecule has 14 N–H and O–H groups in total. The molecular formula is C58H94O26. The van der Waals surface area contributed by atoms with Crippen LogP contribution in [-0.4, -0.2) is 269 Å². The summed E-state index contributed by atoms with van der Waals surface area (Å²) in [6.45, 7) is 14.7. The van der Waals surface area contributed by atoms with Crippen LogP contribution in [0.4, 0.5) is 0 Å². The van der Waals surface area contributed by atoms with Gasteiger partial charge in [0.05, 0.1) is 50.8 Å². The largest absolute Gasteiger partial charge is 0.394 e. The van der Waals surface area contributed by atoms with Crippen molar-refractivity contribution < 1.29 is 128 Å². The van der Waals surface area contributed by atoms with Crippen molar-refractivity contribution in [1.82, 2.24) is 0 Å². The molecule has 0 radical (unpaired) electrons. The third kappa shape index (κ3) is 10.8. The van der Waals surface area contributed by atoms with E-state index in [9.17, 15) is 71.5 Å². The first-order valence-corrected chi connectivity index (χ1v) is 30.3. The predicted molar refractivity (Wildman–Crippen MR) is 283 cm³/mol. The maximum Gasteiger partial charge on any atom is 0.191 e. The van der Waals surface area contributed by atoms with Crippen LogP contribution < -0.4 is 0 Å². The average molecular weight is 1210 g/mol. The van der Waals surface area contributed by atoms with Gasteiger partial charge in [-0.3, -0.25) is 0 Å². The number of fused-ring (bicyclic) bond motifs is 7. The fraction of sp³-hybridized carbons (Fsp3) is 0.966. The molecule has 1 spiro atoms. The summed E-state index contributed by atoms with van der Waals surface area (Å²) in [5.74, 6) is -0.0431. The van der Waals surface area contributed by atoms with Gasteiger partial charge in [0, 0.05) is 12.3 Å². The number of allylic oxidation sites excluding steroid dienone is 1. The van der Waals surface area contributed by atoms with Gasteiger partial charge in [-0.25, -0.2) is 0 Å². The molecule has 11 fully saturated rings. The van der Waals surface area contributed by atoms with E-state index in [2.05, 4.69) is 27.7 Å². The maximum absolute atomic E-state index is 12.4. The maximum atomic E-state index is 12.4. The lowest BCUT2D eigenvalue weighted by Crippen LogP contribution is -2.67. The standard InChI is InChI=1S/C58H94O26/c1-23(2)15-58-21-56(8,72)47-25-9-10-32-54(6,26(25)16-57(47,84-58)22-76-58)13-11-31-53(4,5)33(12-14-55(31,32)7)80-51-46(83-50-43(71)38(66)34(62)24(3)77-50)44(28(61)19-74-51)81-52-45(82-49-41(69)35(63)27(60)18-73-49)40(68)37(65)30(79-52)20-75-48-42(70)39(67)36(64)29(17-59)78-48/h15,24-52,59-72H,9-14,16-22H2,1-8H3/t24-,25?,26?,27-,28-,29+,30-,31+,32-,33+,34+,35+,36-,37-,38-,39-,40+,41-,42-,43-,44-,45-,46-,47+,48+,49+,50+,51+,52+,54+,55?,56+,57-,58+/m1/s1. The number of ether oxygens (including phenoxy) is 12. The summed E-state index contributed by atoms with van der Waals surface area (Å²) in [5, 5.41) is 154. The zero-order valence-electron chi connectivity index (χ0n) is 49.2. The molecule has 0 aromatic heterocycles. The van der Waals surface area contributed by atoms with E-state index in [1.165, 1.54) is 6.92 Å². The molecule has 26 nitrogen and oxygen atoms in total. The highest BCUT2D eigenvalue weighted by Crippen LogP contribution is 2.75. The van der Waals surface area contributed by atoms with Gasteiger partial charge in [-0.15, -0.1) is 0 Å². The summed E-state index contributed by atoms with van der Waals surface area (Å²) in [4.78, 5) is 0. The lowest BCUT2D eigenvalue weighted by atomic mass is 9.38.